The molecule has 8 heteroatoms. The van der Waals surface area contributed by atoms with E-state index < -0.39 is 12.1 Å². The Kier molecular flexibility index (Phi) is 7.54. The average molecular weight is 389 g/mol. The van der Waals surface area contributed by atoms with Crippen molar-refractivity contribution in [3.63, 3.8) is 0 Å². The van der Waals surface area contributed by atoms with Gasteiger partial charge in [0.1, 0.15) is 0 Å². The Morgan fingerprint density at radius 2 is 1.68 bits per heavy atom. The van der Waals surface area contributed by atoms with Gasteiger partial charge >= 0.3 is 5.97 Å². The van der Waals surface area contributed by atoms with Crippen LogP contribution in [0.4, 0.5) is 0 Å². The van der Waals surface area contributed by atoms with E-state index in [2.05, 4.69) is 5.32 Å². The topological polar surface area (TPSA) is 96.0 Å². The maximum Gasteiger partial charge on any atom is 0.308 e. The van der Waals surface area contributed by atoms with Gasteiger partial charge in [-0.1, -0.05) is 18.2 Å². The summed E-state index contributed by atoms with van der Waals surface area (Å²) in [5.74, 6) is -1.09. The number of ether oxygens (including phenoxy) is 1. The molecule has 8 nitrogen and oxygen atoms in total. The molecule has 1 heterocycles. The van der Waals surface area contributed by atoms with Crippen LogP contribution in [-0.2, 0) is 19.1 Å². The van der Waals surface area contributed by atoms with Crippen molar-refractivity contribution >= 4 is 23.7 Å². The highest BCUT2D eigenvalue weighted by molar-refractivity contribution is 5.95. The van der Waals surface area contributed by atoms with Gasteiger partial charge in [0.05, 0.1) is 6.42 Å². The molecule has 2 rings (SSSR count). The number of hydrogen-bond acceptors (Lipinski definition) is 5. The Labute approximate surface area is 164 Å². The lowest BCUT2D eigenvalue weighted by Crippen LogP contribution is -2.52. The third-order valence-electron chi connectivity index (χ3n) is 4.70. The van der Waals surface area contributed by atoms with Crippen LogP contribution in [0.1, 0.15) is 36.2 Å². The van der Waals surface area contributed by atoms with Gasteiger partial charge < -0.3 is 19.9 Å². The summed E-state index contributed by atoms with van der Waals surface area (Å²) in [5.41, 5.74) is 1.41. The molecule has 1 atom stereocenters. The zero-order chi connectivity index (χ0) is 20.7. The summed E-state index contributed by atoms with van der Waals surface area (Å²) in [7, 11) is 0. The van der Waals surface area contributed by atoms with Crippen LogP contribution in [0.3, 0.4) is 0 Å². The van der Waals surface area contributed by atoms with Gasteiger partial charge in [-0.15, -0.1) is 0 Å². The Balaban J connectivity index is 1.72. The van der Waals surface area contributed by atoms with Gasteiger partial charge in [-0.25, -0.2) is 0 Å². The summed E-state index contributed by atoms with van der Waals surface area (Å²) < 4.78 is 5.19. The number of hydrogen-bond donors (Lipinski definition) is 1. The third kappa shape index (κ3) is 5.80. The second-order valence-electron chi connectivity index (χ2n) is 6.78. The first kappa shape index (κ1) is 21.4. The summed E-state index contributed by atoms with van der Waals surface area (Å²) >= 11 is 0. The first-order valence-corrected chi connectivity index (χ1v) is 9.37. The Morgan fingerprint density at radius 3 is 2.29 bits per heavy atom. The van der Waals surface area contributed by atoms with E-state index in [0.29, 0.717) is 31.7 Å². The fraction of sp³-hybridized carbons (Fsp3) is 0.500. The average Bonchev–Trinajstić information content (AvgIpc) is 2.67. The second kappa shape index (κ2) is 9.87. The normalized spacial score (nSPS) is 15.0. The van der Waals surface area contributed by atoms with Crippen molar-refractivity contribution < 1.29 is 23.9 Å². The number of nitrogens with one attached hydrogen (secondary N) is 1. The van der Waals surface area contributed by atoms with E-state index in [9.17, 15) is 19.2 Å². The van der Waals surface area contributed by atoms with Crippen LogP contribution in [0.5, 0.6) is 0 Å². The monoisotopic (exact) mass is 389 g/mol. The van der Waals surface area contributed by atoms with Gasteiger partial charge in [0, 0.05) is 45.2 Å². The van der Waals surface area contributed by atoms with Crippen molar-refractivity contribution in [3.8, 4) is 0 Å². The van der Waals surface area contributed by atoms with Crippen molar-refractivity contribution in [2.24, 2.45) is 0 Å². The van der Waals surface area contributed by atoms with Crippen molar-refractivity contribution in [2.45, 2.75) is 33.3 Å². The van der Waals surface area contributed by atoms with Crippen LogP contribution >= 0.6 is 0 Å². The smallest absolute Gasteiger partial charge is 0.308 e. The summed E-state index contributed by atoms with van der Waals surface area (Å²) in [6, 6.07) is 7.18. The van der Waals surface area contributed by atoms with Crippen LogP contribution in [0.25, 0.3) is 0 Å². The van der Waals surface area contributed by atoms with E-state index in [1.54, 1.807) is 21.9 Å². The Morgan fingerprint density at radius 1 is 1.07 bits per heavy atom. The standard InChI is InChI=1S/C20H27N3O5/c1-14-6-4-5-7-17(14)19(26)21-9-8-18(25)28-15(2)20(27)23-12-10-22(11-13-23)16(3)24/h4-7,15H,8-13H2,1-3H3,(H,21,26). The van der Waals surface area contributed by atoms with Crippen molar-refractivity contribution in [1.82, 2.24) is 15.1 Å². The molecule has 0 aliphatic carbocycles. The maximum atomic E-state index is 12.4. The number of amides is 3. The number of carbonyl (C=O) groups excluding carboxylic acids is 4. The molecule has 1 N–H and O–H groups in total. The fourth-order valence-electron chi connectivity index (χ4n) is 3.01. The molecule has 1 aliphatic heterocycles. The molecule has 0 bridgehead atoms. The molecule has 152 valence electrons. The highest BCUT2D eigenvalue weighted by atomic mass is 16.5. The quantitative estimate of drug-likeness (QED) is 0.724. The largest absolute Gasteiger partial charge is 0.452 e. The number of rotatable bonds is 6. The lowest BCUT2D eigenvalue weighted by molar-refractivity contribution is -0.160. The number of piperazine rings is 1. The minimum atomic E-state index is -0.900. The van der Waals surface area contributed by atoms with Gasteiger partial charge in [0.15, 0.2) is 6.10 Å². The molecule has 0 radical (unpaired) electrons. The predicted octanol–water partition coefficient (Wildman–Crippen LogP) is 0.737. The molecule has 1 saturated heterocycles. The summed E-state index contributed by atoms with van der Waals surface area (Å²) in [4.78, 5) is 51.1. The van der Waals surface area contributed by atoms with Crippen molar-refractivity contribution in [2.75, 3.05) is 32.7 Å². The molecule has 0 saturated carbocycles. The third-order valence-corrected chi connectivity index (χ3v) is 4.70. The minimum Gasteiger partial charge on any atom is -0.452 e. The minimum absolute atomic E-state index is 0.0145. The van der Waals surface area contributed by atoms with E-state index >= 15 is 0 Å². The molecular formula is C20H27N3O5. The molecule has 1 aromatic rings. The molecule has 28 heavy (non-hydrogen) atoms. The summed E-state index contributed by atoms with van der Waals surface area (Å²) in [5, 5.41) is 2.68. The van der Waals surface area contributed by atoms with Gasteiger partial charge in [0.2, 0.25) is 5.91 Å². The molecule has 1 unspecified atom stereocenters. The molecule has 1 aliphatic rings. The van der Waals surface area contributed by atoms with E-state index in [1.807, 2.05) is 19.1 Å². The fourth-order valence-corrected chi connectivity index (χ4v) is 3.01. The second-order valence-corrected chi connectivity index (χ2v) is 6.78. The van der Waals surface area contributed by atoms with Crippen LogP contribution < -0.4 is 5.32 Å². The lowest BCUT2D eigenvalue weighted by atomic mass is 10.1. The zero-order valence-electron chi connectivity index (χ0n) is 16.6. The van der Waals surface area contributed by atoms with E-state index in [1.165, 1.54) is 13.8 Å². The maximum absolute atomic E-state index is 12.4. The molecular weight excluding hydrogens is 362 g/mol. The van der Waals surface area contributed by atoms with Crippen LogP contribution in [0, 0.1) is 6.92 Å². The molecule has 0 aromatic heterocycles. The van der Waals surface area contributed by atoms with Crippen molar-refractivity contribution in [3.05, 3.63) is 35.4 Å². The zero-order valence-corrected chi connectivity index (χ0v) is 16.6. The molecule has 1 aromatic carbocycles. The van der Waals surface area contributed by atoms with Gasteiger partial charge in [-0.2, -0.15) is 0 Å². The molecule has 3 amide bonds. The van der Waals surface area contributed by atoms with E-state index in [-0.39, 0.29) is 30.7 Å². The first-order chi connectivity index (χ1) is 13.3. The number of benzene rings is 1. The first-order valence-electron chi connectivity index (χ1n) is 9.37. The highest BCUT2D eigenvalue weighted by Gasteiger charge is 2.27. The van der Waals surface area contributed by atoms with E-state index in [0.717, 1.165) is 5.56 Å². The van der Waals surface area contributed by atoms with Gasteiger partial charge in [-0.05, 0) is 25.5 Å². The van der Waals surface area contributed by atoms with Crippen LogP contribution in [0.2, 0.25) is 0 Å². The number of carbonyl (C=O) groups is 4. The highest BCUT2D eigenvalue weighted by Crippen LogP contribution is 2.08. The van der Waals surface area contributed by atoms with Gasteiger partial charge in [0.25, 0.3) is 11.8 Å². The Hall–Kier alpha value is -2.90. The number of aryl methyl sites for hydroxylation is 1. The number of esters is 1. The molecule has 0 spiro atoms. The van der Waals surface area contributed by atoms with Crippen molar-refractivity contribution in [1.29, 1.82) is 0 Å². The van der Waals surface area contributed by atoms with Crippen LogP contribution in [-0.4, -0.2) is 72.3 Å². The van der Waals surface area contributed by atoms with Gasteiger partial charge in [-0.3, -0.25) is 19.2 Å². The SMILES string of the molecule is CC(=O)N1CCN(C(=O)C(C)OC(=O)CCNC(=O)c2ccccc2C)CC1. The van der Waals surface area contributed by atoms with Crippen LogP contribution in [0.15, 0.2) is 24.3 Å². The summed E-state index contributed by atoms with van der Waals surface area (Å²) in [6.45, 7) is 6.80. The summed E-state index contributed by atoms with van der Waals surface area (Å²) in [6.07, 6.45) is -0.920. The number of nitrogens with zero attached hydrogens (tertiary/aromatic N) is 2. The predicted molar refractivity (Wildman–Crippen MR) is 103 cm³/mol. The lowest BCUT2D eigenvalue weighted by Gasteiger charge is -2.35. The Bertz CT molecular complexity index is 741. The molecule has 1 fully saturated rings. The van der Waals surface area contributed by atoms with E-state index in [4.69, 9.17) is 4.74 Å².